The van der Waals surface area contributed by atoms with Crippen LogP contribution in [0, 0.1) is 12.9 Å². The second-order valence-corrected chi connectivity index (χ2v) is 4.64. The van der Waals surface area contributed by atoms with E-state index in [1.165, 1.54) is 29.7 Å². The minimum atomic E-state index is -0.590. The van der Waals surface area contributed by atoms with Crippen LogP contribution in [-0.2, 0) is 0 Å². The Morgan fingerprint density at radius 3 is 2.82 bits per heavy atom. The largest absolute Gasteiger partial charge is 0.320 e. The number of aryl methyl sites for hydroxylation is 1. The average molecular weight is 271 g/mol. The van der Waals surface area contributed by atoms with Crippen molar-refractivity contribution in [1.82, 2.24) is 4.98 Å². The summed E-state index contributed by atoms with van der Waals surface area (Å²) in [6, 6.07) is 2.62. The maximum Gasteiger partial charge on any atom is 0.267 e. The van der Waals surface area contributed by atoms with Crippen LogP contribution in [0.2, 0.25) is 5.02 Å². The molecule has 2 aromatic heterocycles. The van der Waals surface area contributed by atoms with Crippen LogP contribution in [0.25, 0.3) is 0 Å². The van der Waals surface area contributed by atoms with Gasteiger partial charge in [0.25, 0.3) is 5.91 Å². The summed E-state index contributed by atoms with van der Waals surface area (Å²) in [5.74, 6) is -0.908. The SMILES string of the molecule is Cc1csc(C(=O)Nc2ccc(F)nc2)c1Cl. The number of hydrogen-bond acceptors (Lipinski definition) is 3. The second-order valence-electron chi connectivity index (χ2n) is 3.39. The molecule has 17 heavy (non-hydrogen) atoms. The van der Waals surface area contributed by atoms with Crippen molar-refractivity contribution >= 4 is 34.5 Å². The van der Waals surface area contributed by atoms with Crippen LogP contribution < -0.4 is 5.32 Å². The standard InChI is InChI=1S/C11H8ClFN2OS/c1-6-5-17-10(9(6)12)11(16)15-7-2-3-8(13)14-4-7/h2-5H,1H3,(H,15,16). The number of halogens is 2. The van der Waals surface area contributed by atoms with Crippen LogP contribution in [-0.4, -0.2) is 10.9 Å². The lowest BCUT2D eigenvalue weighted by atomic mass is 10.3. The number of thiophene rings is 1. The summed E-state index contributed by atoms with van der Waals surface area (Å²) in [6.45, 7) is 1.83. The van der Waals surface area contributed by atoms with Gasteiger partial charge in [-0.05, 0) is 30.0 Å². The third kappa shape index (κ3) is 2.62. The number of anilines is 1. The Hall–Kier alpha value is -1.46. The van der Waals surface area contributed by atoms with Gasteiger partial charge in [0.2, 0.25) is 5.95 Å². The highest BCUT2D eigenvalue weighted by atomic mass is 35.5. The van der Waals surface area contributed by atoms with E-state index in [9.17, 15) is 9.18 Å². The normalized spacial score (nSPS) is 10.3. The molecule has 88 valence electrons. The average Bonchev–Trinajstić information content (AvgIpc) is 2.63. The van der Waals surface area contributed by atoms with Crippen molar-refractivity contribution in [2.45, 2.75) is 6.92 Å². The fraction of sp³-hybridized carbons (Fsp3) is 0.0909. The van der Waals surface area contributed by atoms with Crippen LogP contribution in [0.4, 0.5) is 10.1 Å². The predicted molar refractivity (Wildman–Crippen MR) is 66.2 cm³/mol. The number of aromatic nitrogens is 1. The molecule has 2 heterocycles. The van der Waals surface area contributed by atoms with Gasteiger partial charge in [0.15, 0.2) is 0 Å². The Morgan fingerprint density at radius 2 is 2.29 bits per heavy atom. The Bertz CT molecular complexity index is 553. The molecule has 1 N–H and O–H groups in total. The second kappa shape index (κ2) is 4.81. The molecular formula is C11H8ClFN2OS. The van der Waals surface area contributed by atoms with Crippen LogP contribution in [0.3, 0.4) is 0 Å². The predicted octanol–water partition coefficient (Wildman–Crippen LogP) is 3.50. The Labute approximate surface area is 106 Å². The molecule has 0 fully saturated rings. The van der Waals surface area contributed by atoms with E-state index in [1.54, 1.807) is 5.38 Å². The smallest absolute Gasteiger partial charge is 0.267 e. The van der Waals surface area contributed by atoms with Crippen molar-refractivity contribution in [3.63, 3.8) is 0 Å². The molecule has 0 spiro atoms. The molecule has 0 saturated carbocycles. The highest BCUT2D eigenvalue weighted by molar-refractivity contribution is 7.13. The molecule has 0 aliphatic carbocycles. The van der Waals surface area contributed by atoms with Crippen molar-refractivity contribution in [2.75, 3.05) is 5.32 Å². The lowest BCUT2D eigenvalue weighted by Gasteiger charge is -2.03. The van der Waals surface area contributed by atoms with Crippen molar-refractivity contribution in [1.29, 1.82) is 0 Å². The monoisotopic (exact) mass is 270 g/mol. The lowest BCUT2D eigenvalue weighted by Crippen LogP contribution is -2.11. The quantitative estimate of drug-likeness (QED) is 0.849. The maximum absolute atomic E-state index is 12.6. The minimum Gasteiger partial charge on any atom is -0.320 e. The molecule has 1 amide bonds. The molecule has 0 radical (unpaired) electrons. The van der Waals surface area contributed by atoms with Gasteiger partial charge < -0.3 is 5.32 Å². The highest BCUT2D eigenvalue weighted by Gasteiger charge is 2.14. The van der Waals surface area contributed by atoms with E-state index in [-0.39, 0.29) is 5.91 Å². The van der Waals surface area contributed by atoms with Gasteiger partial charge in [-0.15, -0.1) is 11.3 Å². The van der Waals surface area contributed by atoms with Gasteiger partial charge in [-0.2, -0.15) is 4.39 Å². The van der Waals surface area contributed by atoms with Crippen molar-refractivity contribution < 1.29 is 9.18 Å². The summed E-state index contributed by atoms with van der Waals surface area (Å²) in [5, 5.41) is 4.85. The third-order valence-corrected chi connectivity index (χ3v) is 3.79. The summed E-state index contributed by atoms with van der Waals surface area (Å²) in [4.78, 5) is 15.7. The molecule has 0 unspecified atom stereocenters. The highest BCUT2D eigenvalue weighted by Crippen LogP contribution is 2.27. The van der Waals surface area contributed by atoms with E-state index >= 15 is 0 Å². The number of nitrogens with one attached hydrogen (secondary N) is 1. The summed E-state index contributed by atoms with van der Waals surface area (Å²) in [7, 11) is 0. The van der Waals surface area contributed by atoms with Crippen LogP contribution in [0.5, 0.6) is 0 Å². The molecule has 2 aromatic rings. The van der Waals surface area contributed by atoms with Crippen LogP contribution >= 0.6 is 22.9 Å². The van der Waals surface area contributed by atoms with Crippen LogP contribution in [0.15, 0.2) is 23.7 Å². The van der Waals surface area contributed by atoms with Crippen LogP contribution in [0.1, 0.15) is 15.2 Å². The van der Waals surface area contributed by atoms with Crippen molar-refractivity contribution in [3.05, 3.63) is 45.1 Å². The van der Waals surface area contributed by atoms with Gasteiger partial charge in [0.05, 0.1) is 16.9 Å². The Kier molecular flexibility index (Phi) is 3.40. The molecular weight excluding hydrogens is 263 g/mol. The van der Waals surface area contributed by atoms with E-state index < -0.39 is 5.95 Å². The van der Waals surface area contributed by atoms with Crippen molar-refractivity contribution in [2.24, 2.45) is 0 Å². The molecule has 0 aromatic carbocycles. The number of carbonyl (C=O) groups excluding carboxylic acids is 1. The maximum atomic E-state index is 12.6. The van der Waals surface area contributed by atoms with E-state index in [2.05, 4.69) is 10.3 Å². The zero-order valence-electron chi connectivity index (χ0n) is 8.83. The van der Waals surface area contributed by atoms with Gasteiger partial charge in [0.1, 0.15) is 4.88 Å². The fourth-order valence-corrected chi connectivity index (χ4v) is 2.39. The first-order chi connectivity index (χ1) is 8.08. The molecule has 0 atom stereocenters. The Morgan fingerprint density at radius 1 is 1.53 bits per heavy atom. The third-order valence-electron chi connectivity index (χ3n) is 2.09. The van der Waals surface area contributed by atoms with Gasteiger partial charge >= 0.3 is 0 Å². The number of pyridine rings is 1. The number of rotatable bonds is 2. The van der Waals surface area contributed by atoms with E-state index in [4.69, 9.17) is 11.6 Å². The van der Waals surface area contributed by atoms with Gasteiger partial charge in [-0.25, -0.2) is 4.98 Å². The molecule has 3 nitrogen and oxygen atoms in total. The molecule has 0 aliphatic heterocycles. The first-order valence-electron chi connectivity index (χ1n) is 4.74. The van der Waals surface area contributed by atoms with Crippen molar-refractivity contribution in [3.8, 4) is 0 Å². The first-order valence-corrected chi connectivity index (χ1v) is 6.00. The van der Waals surface area contributed by atoms with Gasteiger partial charge in [-0.1, -0.05) is 11.6 Å². The van der Waals surface area contributed by atoms with E-state index in [0.29, 0.717) is 15.6 Å². The zero-order chi connectivity index (χ0) is 12.4. The fourth-order valence-electron chi connectivity index (χ4n) is 1.22. The van der Waals surface area contributed by atoms with Gasteiger partial charge in [-0.3, -0.25) is 4.79 Å². The summed E-state index contributed by atoms with van der Waals surface area (Å²) in [5.41, 5.74) is 1.29. The number of nitrogens with zero attached hydrogens (tertiary/aromatic N) is 1. The van der Waals surface area contributed by atoms with Gasteiger partial charge in [0, 0.05) is 0 Å². The Balaban J connectivity index is 2.17. The van der Waals surface area contributed by atoms with E-state index in [0.717, 1.165) is 5.56 Å². The summed E-state index contributed by atoms with van der Waals surface area (Å²) >= 11 is 7.24. The minimum absolute atomic E-state index is 0.318. The molecule has 0 saturated heterocycles. The lowest BCUT2D eigenvalue weighted by molar-refractivity contribution is 0.103. The molecule has 6 heteroatoms. The summed E-state index contributed by atoms with van der Waals surface area (Å²) in [6.07, 6.45) is 1.25. The number of amides is 1. The van der Waals surface area contributed by atoms with E-state index in [1.807, 2.05) is 6.92 Å². The summed E-state index contributed by atoms with van der Waals surface area (Å²) < 4.78 is 12.6. The molecule has 0 bridgehead atoms. The first kappa shape index (κ1) is 12.0. The topological polar surface area (TPSA) is 42.0 Å². The molecule has 0 aliphatic rings. The zero-order valence-corrected chi connectivity index (χ0v) is 10.4. The number of hydrogen-bond donors (Lipinski definition) is 1. The molecule has 2 rings (SSSR count). The number of carbonyl (C=O) groups is 1.